The third kappa shape index (κ3) is 3.80. The number of rotatable bonds is 5. The lowest BCUT2D eigenvalue weighted by Crippen LogP contribution is -2.32. The zero-order valence-corrected chi connectivity index (χ0v) is 21.7. The van der Waals surface area contributed by atoms with Crippen molar-refractivity contribution in [3.8, 4) is 0 Å². The van der Waals surface area contributed by atoms with E-state index in [0.717, 1.165) is 21.5 Å². The van der Waals surface area contributed by atoms with Gasteiger partial charge in [-0.05, 0) is 62.1 Å². The number of anilines is 1. The van der Waals surface area contributed by atoms with Crippen molar-refractivity contribution in [3.05, 3.63) is 75.6 Å². The number of hydrogen-bond donors (Lipinski definition) is 0. The van der Waals surface area contributed by atoms with Crippen molar-refractivity contribution in [3.63, 3.8) is 0 Å². The molecule has 5 heterocycles. The fourth-order valence-electron chi connectivity index (χ4n) is 5.16. The maximum absolute atomic E-state index is 14.1. The van der Waals surface area contributed by atoms with Gasteiger partial charge in [-0.3, -0.25) is 9.69 Å². The molecule has 6 rings (SSSR count). The van der Waals surface area contributed by atoms with E-state index in [2.05, 4.69) is 19.9 Å². The van der Waals surface area contributed by atoms with Crippen LogP contribution in [0.1, 0.15) is 77.7 Å². The third-order valence-electron chi connectivity index (χ3n) is 6.85. The molecule has 0 saturated heterocycles. The lowest BCUT2D eigenvalue weighted by atomic mass is 10.0. The standard InChI is InChI=1S/C26H24ClF2N7O2/c1-13(2)34-21-19(30-24(34)16-8-10-38-11-9-16)26(37)35(20(21)15-4-6-17(27)7-5-15)18-12-14(3)23-31-32-25(22(28)29)36(23)33-18/h4-8,12-13,20,22H,9-11H2,1-3H3. The number of aromatic nitrogens is 6. The second kappa shape index (κ2) is 9.25. The Labute approximate surface area is 221 Å². The fourth-order valence-corrected chi connectivity index (χ4v) is 5.29. The molecular formula is C26H24ClF2N7O2. The van der Waals surface area contributed by atoms with Gasteiger partial charge in [0.2, 0.25) is 5.82 Å². The summed E-state index contributed by atoms with van der Waals surface area (Å²) in [6.45, 7) is 6.87. The Morgan fingerprint density at radius 1 is 1.16 bits per heavy atom. The van der Waals surface area contributed by atoms with Gasteiger partial charge in [-0.2, -0.15) is 4.52 Å². The van der Waals surface area contributed by atoms with Crippen LogP contribution < -0.4 is 4.90 Å². The van der Waals surface area contributed by atoms with Crippen molar-refractivity contribution in [2.45, 2.75) is 45.7 Å². The van der Waals surface area contributed by atoms with Gasteiger partial charge < -0.3 is 9.30 Å². The van der Waals surface area contributed by atoms with Crippen LogP contribution in [-0.4, -0.2) is 48.5 Å². The van der Waals surface area contributed by atoms with Crippen molar-refractivity contribution in [2.75, 3.05) is 18.1 Å². The second-order valence-corrected chi connectivity index (χ2v) is 10.0. The van der Waals surface area contributed by atoms with E-state index in [1.165, 1.54) is 4.90 Å². The Morgan fingerprint density at radius 2 is 1.92 bits per heavy atom. The smallest absolute Gasteiger partial charge is 0.299 e. The Morgan fingerprint density at radius 3 is 2.58 bits per heavy atom. The Kier molecular flexibility index (Phi) is 5.99. The molecule has 0 aliphatic carbocycles. The SMILES string of the molecule is Cc1cc(N2C(=O)c3nc(C4=CCOCC4)n(C(C)C)c3C2c2ccc(Cl)cc2)nn2c(C(F)F)nnc12. The minimum atomic E-state index is -2.88. The molecule has 2 aliphatic heterocycles. The average molecular weight is 540 g/mol. The van der Waals surface area contributed by atoms with E-state index in [1.807, 2.05) is 32.1 Å². The molecule has 0 spiro atoms. The molecule has 0 fully saturated rings. The quantitative estimate of drug-likeness (QED) is 0.339. The molecule has 1 atom stereocenters. The van der Waals surface area contributed by atoms with Gasteiger partial charge in [-0.25, -0.2) is 13.8 Å². The average Bonchev–Trinajstić information content (AvgIpc) is 3.57. The summed E-state index contributed by atoms with van der Waals surface area (Å²) in [5.74, 6) is -0.0256. The summed E-state index contributed by atoms with van der Waals surface area (Å²) in [5.41, 5.74) is 3.59. The van der Waals surface area contributed by atoms with Gasteiger partial charge in [0.15, 0.2) is 17.2 Å². The van der Waals surface area contributed by atoms with Gasteiger partial charge in [0.05, 0.1) is 18.9 Å². The van der Waals surface area contributed by atoms with Crippen molar-refractivity contribution in [1.82, 2.24) is 29.4 Å². The maximum atomic E-state index is 14.1. The van der Waals surface area contributed by atoms with Crippen LogP contribution in [0.5, 0.6) is 0 Å². The molecule has 3 aromatic heterocycles. The number of ether oxygens (including phenoxy) is 1. The van der Waals surface area contributed by atoms with E-state index in [4.69, 9.17) is 21.3 Å². The summed E-state index contributed by atoms with van der Waals surface area (Å²) >= 11 is 6.19. The molecule has 9 nitrogen and oxygen atoms in total. The number of alkyl halides is 2. The van der Waals surface area contributed by atoms with Crippen LogP contribution in [-0.2, 0) is 4.74 Å². The zero-order chi connectivity index (χ0) is 26.7. The molecule has 0 saturated carbocycles. The lowest BCUT2D eigenvalue weighted by molar-refractivity contribution is 0.0988. The Bertz CT molecular complexity index is 1590. The summed E-state index contributed by atoms with van der Waals surface area (Å²) in [4.78, 5) is 20.4. The minimum Gasteiger partial charge on any atom is -0.377 e. The summed E-state index contributed by atoms with van der Waals surface area (Å²) in [6.07, 6.45) is -0.197. The molecule has 1 aromatic carbocycles. The topological polar surface area (TPSA) is 90.4 Å². The molecule has 1 amide bonds. The maximum Gasteiger partial charge on any atom is 0.299 e. The number of hydrogen-bond acceptors (Lipinski definition) is 6. The highest BCUT2D eigenvalue weighted by atomic mass is 35.5. The van der Waals surface area contributed by atoms with Crippen molar-refractivity contribution >= 4 is 34.5 Å². The van der Waals surface area contributed by atoms with E-state index < -0.39 is 18.3 Å². The predicted octanol–water partition coefficient (Wildman–Crippen LogP) is 5.35. The number of halogens is 3. The number of carbonyl (C=O) groups is 1. The van der Waals surface area contributed by atoms with Crippen LogP contribution in [0.3, 0.4) is 0 Å². The second-order valence-electron chi connectivity index (χ2n) is 9.60. The summed E-state index contributed by atoms with van der Waals surface area (Å²) < 4.78 is 35.9. The highest BCUT2D eigenvalue weighted by Crippen LogP contribution is 2.44. The van der Waals surface area contributed by atoms with E-state index in [-0.39, 0.29) is 23.4 Å². The molecule has 0 bridgehead atoms. The van der Waals surface area contributed by atoms with E-state index >= 15 is 0 Å². The fraction of sp³-hybridized carbons (Fsp3) is 0.346. The number of imidazole rings is 1. The third-order valence-corrected chi connectivity index (χ3v) is 7.10. The first-order chi connectivity index (χ1) is 18.3. The van der Waals surface area contributed by atoms with E-state index in [9.17, 15) is 13.6 Å². The highest BCUT2D eigenvalue weighted by molar-refractivity contribution is 6.30. The highest BCUT2D eigenvalue weighted by Gasteiger charge is 2.45. The first-order valence-corrected chi connectivity index (χ1v) is 12.6. The van der Waals surface area contributed by atoms with Crippen molar-refractivity contribution in [2.24, 2.45) is 0 Å². The number of amides is 1. The van der Waals surface area contributed by atoms with Crippen molar-refractivity contribution in [1.29, 1.82) is 0 Å². The molecule has 12 heteroatoms. The minimum absolute atomic E-state index is 0.0204. The monoisotopic (exact) mass is 539 g/mol. The van der Waals surface area contributed by atoms with E-state index in [1.54, 1.807) is 25.1 Å². The van der Waals surface area contributed by atoms with Gasteiger partial charge in [0.25, 0.3) is 12.3 Å². The summed E-state index contributed by atoms with van der Waals surface area (Å²) in [5, 5.41) is 12.4. The normalized spacial score (nSPS) is 17.7. The Hall–Kier alpha value is -3.70. The summed E-state index contributed by atoms with van der Waals surface area (Å²) in [6, 6.07) is 8.23. The number of benzene rings is 1. The number of carbonyl (C=O) groups excluding carboxylic acids is 1. The predicted molar refractivity (Wildman–Crippen MR) is 137 cm³/mol. The molecular weight excluding hydrogens is 516 g/mol. The first-order valence-electron chi connectivity index (χ1n) is 12.3. The lowest BCUT2D eigenvalue weighted by Gasteiger charge is -2.28. The molecule has 1 unspecified atom stereocenters. The van der Waals surface area contributed by atoms with E-state index in [0.29, 0.717) is 41.6 Å². The van der Waals surface area contributed by atoms with Gasteiger partial charge in [0.1, 0.15) is 11.9 Å². The van der Waals surface area contributed by atoms with Gasteiger partial charge >= 0.3 is 0 Å². The largest absolute Gasteiger partial charge is 0.377 e. The van der Waals surface area contributed by atoms with Crippen LogP contribution in [0, 0.1) is 6.92 Å². The molecule has 196 valence electrons. The van der Waals surface area contributed by atoms with Crippen LogP contribution in [0.2, 0.25) is 5.02 Å². The number of aryl methyl sites for hydroxylation is 1. The number of nitrogens with zero attached hydrogens (tertiary/aromatic N) is 7. The van der Waals surface area contributed by atoms with Gasteiger partial charge in [-0.15, -0.1) is 15.3 Å². The molecule has 0 radical (unpaired) electrons. The van der Waals surface area contributed by atoms with Crippen LogP contribution in [0.15, 0.2) is 36.4 Å². The molecule has 4 aromatic rings. The van der Waals surface area contributed by atoms with Gasteiger partial charge in [0, 0.05) is 11.1 Å². The Balaban J connectivity index is 1.59. The first kappa shape index (κ1) is 24.6. The van der Waals surface area contributed by atoms with Crippen molar-refractivity contribution < 1.29 is 18.3 Å². The molecule has 0 N–H and O–H groups in total. The zero-order valence-electron chi connectivity index (χ0n) is 20.9. The molecule has 38 heavy (non-hydrogen) atoms. The number of fused-ring (bicyclic) bond motifs is 2. The molecule has 2 aliphatic rings. The van der Waals surface area contributed by atoms with Crippen LogP contribution >= 0.6 is 11.6 Å². The summed E-state index contributed by atoms with van der Waals surface area (Å²) in [7, 11) is 0. The van der Waals surface area contributed by atoms with Crippen LogP contribution in [0.25, 0.3) is 11.2 Å². The van der Waals surface area contributed by atoms with Crippen LogP contribution in [0.4, 0.5) is 14.6 Å². The van der Waals surface area contributed by atoms with Gasteiger partial charge in [-0.1, -0.05) is 29.8 Å².